The number of carbonyl (C=O) groups is 1. The van der Waals surface area contributed by atoms with E-state index in [9.17, 15) is 4.79 Å². The number of hydrogen-bond donors (Lipinski definition) is 1. The van der Waals surface area contributed by atoms with E-state index >= 15 is 0 Å². The molecule has 0 bridgehead atoms. The quantitative estimate of drug-likeness (QED) is 0.701. The SMILES string of the molecule is Cc1ccc(C(=O)NCCC#N)nn1. The van der Waals surface area contributed by atoms with Crippen LogP contribution in [-0.2, 0) is 0 Å². The van der Waals surface area contributed by atoms with Gasteiger partial charge >= 0.3 is 0 Å². The molecule has 5 nitrogen and oxygen atoms in total. The fourth-order valence-electron chi connectivity index (χ4n) is 0.843. The van der Waals surface area contributed by atoms with Gasteiger partial charge in [-0.25, -0.2) is 0 Å². The van der Waals surface area contributed by atoms with Gasteiger partial charge in [0.25, 0.3) is 5.91 Å². The van der Waals surface area contributed by atoms with E-state index in [1.165, 1.54) is 0 Å². The third kappa shape index (κ3) is 2.83. The van der Waals surface area contributed by atoms with Gasteiger partial charge in [-0.3, -0.25) is 4.79 Å². The average Bonchev–Trinajstić information content (AvgIpc) is 2.19. The van der Waals surface area contributed by atoms with Crippen molar-refractivity contribution in [1.29, 1.82) is 5.26 Å². The Morgan fingerprint density at radius 2 is 2.36 bits per heavy atom. The summed E-state index contributed by atoms with van der Waals surface area (Å²) in [5, 5.41) is 18.3. The minimum Gasteiger partial charge on any atom is -0.350 e. The monoisotopic (exact) mass is 190 g/mol. The fourth-order valence-corrected chi connectivity index (χ4v) is 0.843. The maximum Gasteiger partial charge on any atom is 0.271 e. The Morgan fingerprint density at radius 1 is 1.57 bits per heavy atom. The summed E-state index contributed by atoms with van der Waals surface area (Å²) in [6, 6.07) is 5.25. The highest BCUT2D eigenvalue weighted by Crippen LogP contribution is 1.94. The third-order valence-electron chi connectivity index (χ3n) is 1.55. The Kier molecular flexibility index (Phi) is 3.56. The molecule has 0 aromatic carbocycles. The van der Waals surface area contributed by atoms with Crippen LogP contribution in [0.25, 0.3) is 0 Å². The van der Waals surface area contributed by atoms with Crippen LogP contribution < -0.4 is 5.32 Å². The Bertz CT molecular complexity index is 352. The number of aryl methyl sites for hydroxylation is 1. The van der Waals surface area contributed by atoms with E-state index in [4.69, 9.17) is 5.26 Å². The van der Waals surface area contributed by atoms with Crippen LogP contribution in [0.3, 0.4) is 0 Å². The molecule has 1 aromatic rings. The van der Waals surface area contributed by atoms with Crippen LogP contribution in [0.5, 0.6) is 0 Å². The first-order valence-corrected chi connectivity index (χ1v) is 4.19. The molecule has 72 valence electrons. The molecule has 0 fully saturated rings. The zero-order valence-corrected chi connectivity index (χ0v) is 7.82. The summed E-state index contributed by atoms with van der Waals surface area (Å²) < 4.78 is 0. The Balaban J connectivity index is 2.53. The molecule has 0 aliphatic heterocycles. The van der Waals surface area contributed by atoms with E-state index in [2.05, 4.69) is 15.5 Å². The highest BCUT2D eigenvalue weighted by Gasteiger charge is 2.05. The number of hydrogen-bond acceptors (Lipinski definition) is 4. The number of aromatic nitrogens is 2. The first-order valence-electron chi connectivity index (χ1n) is 4.19. The van der Waals surface area contributed by atoms with Crippen molar-refractivity contribution in [2.24, 2.45) is 0 Å². The summed E-state index contributed by atoms with van der Waals surface area (Å²) >= 11 is 0. The highest BCUT2D eigenvalue weighted by atomic mass is 16.1. The highest BCUT2D eigenvalue weighted by molar-refractivity contribution is 5.91. The van der Waals surface area contributed by atoms with Gasteiger partial charge in [-0.05, 0) is 19.1 Å². The van der Waals surface area contributed by atoms with Gasteiger partial charge in [-0.2, -0.15) is 10.4 Å². The molecule has 1 rings (SSSR count). The first kappa shape index (κ1) is 10.1. The number of nitriles is 1. The number of rotatable bonds is 3. The molecule has 0 saturated heterocycles. The zero-order chi connectivity index (χ0) is 10.4. The predicted molar refractivity (Wildman–Crippen MR) is 49.3 cm³/mol. The topological polar surface area (TPSA) is 78.7 Å². The summed E-state index contributed by atoms with van der Waals surface area (Å²) in [5.74, 6) is -0.298. The molecule has 0 saturated carbocycles. The van der Waals surface area contributed by atoms with Gasteiger partial charge < -0.3 is 5.32 Å². The minimum atomic E-state index is -0.298. The second-order valence-corrected chi connectivity index (χ2v) is 2.72. The number of carbonyl (C=O) groups excluding carboxylic acids is 1. The molecule has 0 atom stereocenters. The number of nitrogens with one attached hydrogen (secondary N) is 1. The van der Waals surface area contributed by atoms with Gasteiger partial charge in [0.05, 0.1) is 18.2 Å². The van der Waals surface area contributed by atoms with Crippen molar-refractivity contribution in [2.75, 3.05) is 6.54 Å². The van der Waals surface area contributed by atoms with Crippen molar-refractivity contribution in [1.82, 2.24) is 15.5 Å². The maximum atomic E-state index is 11.3. The first-order chi connectivity index (χ1) is 6.74. The standard InChI is InChI=1S/C9H10N4O/c1-7-3-4-8(13-12-7)9(14)11-6-2-5-10/h3-4H,2,6H2,1H3,(H,11,14). The van der Waals surface area contributed by atoms with E-state index in [1.54, 1.807) is 19.1 Å². The van der Waals surface area contributed by atoms with Crippen LogP contribution >= 0.6 is 0 Å². The summed E-state index contributed by atoms with van der Waals surface area (Å²) in [7, 11) is 0. The van der Waals surface area contributed by atoms with Gasteiger partial charge in [0.15, 0.2) is 5.69 Å². The molecule has 0 unspecified atom stereocenters. The van der Waals surface area contributed by atoms with E-state index in [-0.39, 0.29) is 11.6 Å². The fraction of sp³-hybridized carbons (Fsp3) is 0.333. The van der Waals surface area contributed by atoms with Gasteiger partial charge in [-0.1, -0.05) is 0 Å². The third-order valence-corrected chi connectivity index (χ3v) is 1.55. The zero-order valence-electron chi connectivity index (χ0n) is 7.82. The second kappa shape index (κ2) is 4.92. The van der Waals surface area contributed by atoms with Crippen LogP contribution in [0.4, 0.5) is 0 Å². The van der Waals surface area contributed by atoms with Crippen molar-refractivity contribution in [3.63, 3.8) is 0 Å². The molecule has 0 aliphatic carbocycles. The largest absolute Gasteiger partial charge is 0.350 e. The molecule has 1 heterocycles. The Morgan fingerprint density at radius 3 is 2.93 bits per heavy atom. The molecule has 0 radical (unpaired) electrons. The van der Waals surface area contributed by atoms with Crippen LogP contribution in [0.15, 0.2) is 12.1 Å². The van der Waals surface area contributed by atoms with Crippen LogP contribution in [0, 0.1) is 18.3 Å². The molecule has 1 amide bonds. The summed E-state index contributed by atoms with van der Waals surface area (Å²) in [6.45, 7) is 2.13. The van der Waals surface area contributed by atoms with Crippen LogP contribution in [-0.4, -0.2) is 22.6 Å². The number of nitrogens with zero attached hydrogens (tertiary/aromatic N) is 3. The van der Waals surface area contributed by atoms with E-state index < -0.39 is 0 Å². The molecular weight excluding hydrogens is 180 g/mol. The van der Waals surface area contributed by atoms with Crippen molar-refractivity contribution >= 4 is 5.91 Å². The molecule has 0 aliphatic rings. The van der Waals surface area contributed by atoms with Crippen molar-refractivity contribution < 1.29 is 4.79 Å². The molecule has 5 heteroatoms. The van der Waals surface area contributed by atoms with Crippen molar-refractivity contribution in [3.05, 3.63) is 23.5 Å². The molecular formula is C9H10N4O. The van der Waals surface area contributed by atoms with Crippen molar-refractivity contribution in [3.8, 4) is 6.07 Å². The second-order valence-electron chi connectivity index (χ2n) is 2.72. The van der Waals surface area contributed by atoms with Crippen LogP contribution in [0.2, 0.25) is 0 Å². The number of amides is 1. The van der Waals surface area contributed by atoms with Gasteiger partial charge in [0, 0.05) is 6.54 Å². The molecule has 1 N–H and O–H groups in total. The lowest BCUT2D eigenvalue weighted by Crippen LogP contribution is -2.25. The average molecular weight is 190 g/mol. The minimum absolute atomic E-state index is 0.272. The summed E-state index contributed by atoms with van der Waals surface area (Å²) in [6.07, 6.45) is 0.297. The van der Waals surface area contributed by atoms with E-state index in [1.807, 2.05) is 6.07 Å². The normalized spacial score (nSPS) is 9.14. The molecule has 0 spiro atoms. The van der Waals surface area contributed by atoms with Crippen molar-refractivity contribution in [2.45, 2.75) is 13.3 Å². The lowest BCUT2D eigenvalue weighted by atomic mass is 10.3. The Labute approximate surface area is 81.8 Å². The lowest BCUT2D eigenvalue weighted by molar-refractivity contribution is 0.0948. The van der Waals surface area contributed by atoms with E-state index in [0.717, 1.165) is 5.69 Å². The predicted octanol–water partition coefficient (Wildman–Crippen LogP) is 0.428. The summed E-state index contributed by atoms with van der Waals surface area (Å²) in [4.78, 5) is 11.3. The van der Waals surface area contributed by atoms with Gasteiger partial charge in [0.1, 0.15) is 0 Å². The maximum absolute atomic E-state index is 11.3. The molecule has 1 aromatic heterocycles. The summed E-state index contributed by atoms with van der Waals surface area (Å²) in [5.41, 5.74) is 1.03. The lowest BCUT2D eigenvalue weighted by Gasteiger charge is -2.00. The van der Waals surface area contributed by atoms with Crippen LogP contribution in [0.1, 0.15) is 22.6 Å². The smallest absolute Gasteiger partial charge is 0.271 e. The van der Waals surface area contributed by atoms with E-state index in [0.29, 0.717) is 13.0 Å². The van der Waals surface area contributed by atoms with Gasteiger partial charge in [0.2, 0.25) is 0 Å². The molecule has 14 heavy (non-hydrogen) atoms. The Hall–Kier alpha value is -1.96. The van der Waals surface area contributed by atoms with Gasteiger partial charge in [-0.15, -0.1) is 5.10 Å².